The summed E-state index contributed by atoms with van der Waals surface area (Å²) in [7, 11) is -7.85. The number of rotatable bonds is 4. The van der Waals surface area contributed by atoms with Crippen LogP contribution in [-0.2, 0) is 20.0 Å². The van der Waals surface area contributed by atoms with Crippen molar-refractivity contribution in [3.63, 3.8) is 0 Å². The van der Waals surface area contributed by atoms with E-state index in [1.807, 2.05) is 0 Å². The van der Waals surface area contributed by atoms with Crippen LogP contribution in [0.1, 0.15) is 70.6 Å². The van der Waals surface area contributed by atoms with Gasteiger partial charge in [-0.05, 0) is 69.1 Å². The molecular formula is C16H26NO4S2-. The minimum absolute atomic E-state index is 0.462. The Hall–Kier alpha value is -0.140. The van der Waals surface area contributed by atoms with Gasteiger partial charge in [0.15, 0.2) is 0 Å². The Morgan fingerprint density at radius 2 is 1.22 bits per heavy atom. The number of hydrogen-bond acceptors (Lipinski definition) is 4. The van der Waals surface area contributed by atoms with Gasteiger partial charge in [-0.15, -0.1) is 0 Å². The Kier molecular flexibility index (Phi) is 3.86. The maximum atomic E-state index is 13.0. The van der Waals surface area contributed by atoms with Gasteiger partial charge in [-0.1, -0.05) is 19.3 Å². The van der Waals surface area contributed by atoms with E-state index in [1.165, 1.54) is 0 Å². The highest BCUT2D eigenvalue weighted by Crippen LogP contribution is 2.59. The standard InChI is InChI=1S/C16H26NO4S2/c18-22(19,15-4-2-1-3-5-15)17-23(20,21)16-9-12-6-13(10-16)8-14(7-12)11-16/h12-15H,1-11H2/q-1. The second kappa shape index (κ2) is 5.43. The summed E-state index contributed by atoms with van der Waals surface area (Å²) in [6.45, 7) is 0. The zero-order chi connectivity index (χ0) is 16.3. The predicted octanol–water partition coefficient (Wildman–Crippen LogP) is 3.32. The van der Waals surface area contributed by atoms with Gasteiger partial charge in [0.2, 0.25) is 0 Å². The molecular weight excluding hydrogens is 334 g/mol. The lowest BCUT2D eigenvalue weighted by Crippen LogP contribution is -2.54. The van der Waals surface area contributed by atoms with E-state index in [-0.39, 0.29) is 0 Å². The molecule has 0 heterocycles. The van der Waals surface area contributed by atoms with Crippen molar-refractivity contribution in [1.29, 1.82) is 0 Å². The lowest BCUT2D eigenvalue weighted by molar-refractivity contribution is 0.0343. The van der Waals surface area contributed by atoms with Crippen molar-refractivity contribution in [2.75, 3.05) is 0 Å². The van der Waals surface area contributed by atoms with Crippen LogP contribution in [0.2, 0.25) is 0 Å². The van der Waals surface area contributed by atoms with E-state index >= 15 is 0 Å². The van der Waals surface area contributed by atoms with Crippen LogP contribution in [0.4, 0.5) is 0 Å². The summed E-state index contributed by atoms with van der Waals surface area (Å²) in [6.07, 6.45) is 9.14. The summed E-state index contributed by atoms with van der Waals surface area (Å²) in [4.78, 5) is 0. The molecule has 5 saturated carbocycles. The van der Waals surface area contributed by atoms with Gasteiger partial charge in [0, 0.05) is 5.25 Å². The molecule has 0 radical (unpaired) electrons. The van der Waals surface area contributed by atoms with Gasteiger partial charge in [-0.3, -0.25) is 0 Å². The molecule has 0 unspecified atom stereocenters. The molecule has 0 atom stereocenters. The molecule has 4 bridgehead atoms. The SMILES string of the molecule is O=S(=O)([N-]S(=O)(=O)C12CC3CC(CC(C3)C1)C2)C1CCCCC1. The molecule has 0 aliphatic heterocycles. The normalized spacial score (nSPS) is 41.3. The van der Waals surface area contributed by atoms with Crippen molar-refractivity contribution in [2.45, 2.75) is 80.6 Å². The summed E-state index contributed by atoms with van der Waals surface area (Å²) >= 11 is 0. The Morgan fingerprint density at radius 3 is 1.70 bits per heavy atom. The van der Waals surface area contributed by atoms with E-state index in [0.717, 1.165) is 38.5 Å². The fourth-order valence-corrected chi connectivity index (χ4v) is 10.5. The van der Waals surface area contributed by atoms with Crippen molar-refractivity contribution >= 4 is 20.0 Å². The maximum absolute atomic E-state index is 13.0. The van der Waals surface area contributed by atoms with Crippen molar-refractivity contribution in [3.8, 4) is 0 Å². The number of sulfonamides is 2. The Labute approximate surface area is 139 Å². The van der Waals surface area contributed by atoms with Crippen LogP contribution >= 0.6 is 0 Å². The molecule has 132 valence electrons. The predicted molar refractivity (Wildman–Crippen MR) is 89.0 cm³/mol. The Balaban J connectivity index is 1.58. The van der Waals surface area contributed by atoms with E-state index < -0.39 is 30.0 Å². The maximum Gasteiger partial charge on any atom is 0.0889 e. The zero-order valence-electron chi connectivity index (χ0n) is 13.5. The third-order valence-electron chi connectivity index (χ3n) is 6.70. The van der Waals surface area contributed by atoms with Crippen molar-refractivity contribution in [3.05, 3.63) is 4.13 Å². The fourth-order valence-electron chi connectivity index (χ4n) is 5.99. The van der Waals surface area contributed by atoms with E-state index in [1.54, 1.807) is 0 Å². The van der Waals surface area contributed by atoms with Crippen LogP contribution in [0.5, 0.6) is 0 Å². The van der Waals surface area contributed by atoms with Gasteiger partial charge in [0.05, 0.1) is 24.8 Å². The van der Waals surface area contributed by atoms with Gasteiger partial charge >= 0.3 is 0 Å². The van der Waals surface area contributed by atoms with Crippen molar-refractivity contribution in [2.24, 2.45) is 17.8 Å². The molecule has 0 aromatic heterocycles. The Morgan fingerprint density at radius 1 is 0.739 bits per heavy atom. The molecule has 0 spiro atoms. The lowest BCUT2D eigenvalue weighted by atomic mass is 9.56. The molecule has 23 heavy (non-hydrogen) atoms. The first-order valence-electron chi connectivity index (χ1n) is 9.02. The average molecular weight is 361 g/mol. The monoisotopic (exact) mass is 360 g/mol. The molecule has 5 rings (SSSR count). The average Bonchev–Trinajstić information content (AvgIpc) is 2.45. The number of nitrogens with zero attached hydrogens (tertiary/aromatic N) is 1. The van der Waals surface area contributed by atoms with Crippen LogP contribution in [0, 0.1) is 17.8 Å². The van der Waals surface area contributed by atoms with Gasteiger partial charge in [0.25, 0.3) is 0 Å². The molecule has 0 aromatic carbocycles. The first kappa shape index (κ1) is 16.3. The topological polar surface area (TPSA) is 82.4 Å². The highest BCUT2D eigenvalue weighted by atomic mass is 32.3. The van der Waals surface area contributed by atoms with Gasteiger partial charge in [0.1, 0.15) is 0 Å². The van der Waals surface area contributed by atoms with Crippen LogP contribution in [-0.4, -0.2) is 26.8 Å². The van der Waals surface area contributed by atoms with Crippen molar-refractivity contribution < 1.29 is 16.8 Å². The van der Waals surface area contributed by atoms with Gasteiger partial charge in [-0.2, -0.15) is 0 Å². The molecule has 0 amide bonds. The highest BCUT2D eigenvalue weighted by molar-refractivity contribution is 8.13. The van der Waals surface area contributed by atoms with Crippen LogP contribution < -0.4 is 0 Å². The van der Waals surface area contributed by atoms with E-state index in [9.17, 15) is 16.8 Å². The molecule has 7 heteroatoms. The van der Waals surface area contributed by atoms with Crippen molar-refractivity contribution in [1.82, 2.24) is 0 Å². The summed E-state index contributed by atoms with van der Waals surface area (Å²) in [5.74, 6) is 1.39. The lowest BCUT2D eigenvalue weighted by Gasteiger charge is -2.58. The molecule has 0 saturated heterocycles. The van der Waals surface area contributed by atoms with Crippen LogP contribution in [0.25, 0.3) is 4.13 Å². The summed E-state index contributed by atoms with van der Waals surface area (Å²) in [6, 6.07) is 0. The summed E-state index contributed by atoms with van der Waals surface area (Å²) in [5, 5.41) is -0.583. The van der Waals surface area contributed by atoms with Crippen LogP contribution in [0.15, 0.2) is 0 Å². The highest BCUT2D eigenvalue weighted by Gasteiger charge is 2.55. The third-order valence-corrected chi connectivity index (χ3v) is 11.2. The second-order valence-electron chi connectivity index (χ2n) is 8.43. The first-order chi connectivity index (χ1) is 10.8. The second-order valence-corrected chi connectivity index (χ2v) is 12.5. The molecule has 0 N–H and O–H groups in total. The molecule has 0 aromatic rings. The van der Waals surface area contributed by atoms with E-state index in [0.29, 0.717) is 49.9 Å². The molecule has 5 nitrogen and oxygen atoms in total. The Bertz CT molecular complexity index is 642. The summed E-state index contributed by atoms with van der Waals surface area (Å²) in [5.41, 5.74) is 0. The molecule has 5 fully saturated rings. The van der Waals surface area contributed by atoms with E-state index in [4.69, 9.17) is 0 Å². The largest absolute Gasteiger partial charge is 0.435 e. The first-order valence-corrected chi connectivity index (χ1v) is 12.0. The van der Waals surface area contributed by atoms with E-state index in [2.05, 4.69) is 4.13 Å². The summed E-state index contributed by atoms with van der Waals surface area (Å²) < 4.78 is 53.8. The minimum atomic E-state index is -3.95. The van der Waals surface area contributed by atoms with Crippen LogP contribution in [0.3, 0.4) is 0 Å². The minimum Gasteiger partial charge on any atom is -0.435 e. The number of hydrogen-bond donors (Lipinski definition) is 0. The van der Waals surface area contributed by atoms with Gasteiger partial charge in [-0.25, -0.2) is 16.8 Å². The van der Waals surface area contributed by atoms with Gasteiger partial charge < -0.3 is 4.13 Å². The third kappa shape index (κ3) is 2.76. The molecule has 5 aliphatic carbocycles. The zero-order valence-corrected chi connectivity index (χ0v) is 15.1. The smallest absolute Gasteiger partial charge is 0.0889 e. The molecule has 5 aliphatic rings. The fraction of sp³-hybridized carbons (Fsp3) is 1.00. The quantitative estimate of drug-likeness (QED) is 0.770.